The lowest BCUT2D eigenvalue weighted by atomic mass is 9.78. The first-order valence-corrected chi connectivity index (χ1v) is 10.9. The number of aromatic hydroxyl groups is 1. The zero-order chi connectivity index (χ0) is 26.3. The number of hydrogen-bond acceptors (Lipinski definition) is 3. The van der Waals surface area contributed by atoms with Gasteiger partial charge < -0.3 is 9.84 Å². The number of carbonyl (C=O) groups is 1. The van der Waals surface area contributed by atoms with Crippen LogP contribution in [0.5, 0.6) is 5.75 Å². The molecule has 0 saturated carbocycles. The molecular weight excluding hydrogens is 432 g/mol. The van der Waals surface area contributed by atoms with Crippen LogP contribution in [0.25, 0.3) is 0 Å². The van der Waals surface area contributed by atoms with Crippen molar-refractivity contribution in [1.82, 2.24) is 0 Å². The van der Waals surface area contributed by atoms with Crippen molar-refractivity contribution in [3.63, 3.8) is 0 Å². The molecule has 174 valence electrons. The van der Waals surface area contributed by atoms with Crippen molar-refractivity contribution in [2.75, 3.05) is 0 Å². The van der Waals surface area contributed by atoms with Crippen molar-refractivity contribution < 1.29 is 14.6 Å². The molecule has 35 heavy (non-hydrogen) atoms. The van der Waals surface area contributed by atoms with E-state index in [2.05, 4.69) is 125 Å². The monoisotopic (exact) mass is 460 g/mol. The number of ether oxygens (including phenoxy) is 1. The van der Waals surface area contributed by atoms with Crippen LogP contribution in [0.2, 0.25) is 0 Å². The van der Waals surface area contributed by atoms with E-state index < -0.39 is 5.97 Å². The third-order valence-corrected chi connectivity index (χ3v) is 4.43. The lowest BCUT2D eigenvalue weighted by Gasteiger charge is -2.28. The minimum Gasteiger partial charge on any atom is -0.507 e. The predicted octanol–water partition coefficient (Wildman–Crippen LogP) is 4.46. The number of rotatable bonds is 3. The fraction of sp³-hybridized carbons (Fsp3) is 0.344. The van der Waals surface area contributed by atoms with E-state index in [0.29, 0.717) is 12.2 Å². The molecule has 1 rings (SSSR count). The van der Waals surface area contributed by atoms with Gasteiger partial charge >= 0.3 is 5.97 Å². The molecule has 0 bridgehead atoms. The number of carbonyl (C=O) groups excluding carboxylic acids is 1. The van der Waals surface area contributed by atoms with Crippen molar-refractivity contribution in [3.8, 4) is 88.8 Å². The molecule has 1 aromatic rings. The second-order valence-electron chi connectivity index (χ2n) is 9.37. The topological polar surface area (TPSA) is 46.5 Å². The SMILES string of the molecule is CC#CC#CC#CC#CC#CC#CC#COC(=O)CCc1cc(C(C)(C)C)c(O)c(C(C)(C)C)c1. The summed E-state index contributed by atoms with van der Waals surface area (Å²) >= 11 is 0. The first-order valence-electron chi connectivity index (χ1n) is 10.9. The van der Waals surface area contributed by atoms with Gasteiger partial charge in [-0.15, -0.1) is 0 Å². The van der Waals surface area contributed by atoms with Crippen LogP contribution in [0.15, 0.2) is 12.1 Å². The second kappa shape index (κ2) is 13.8. The molecule has 0 amide bonds. The molecule has 0 radical (unpaired) electrons. The minimum absolute atomic E-state index is 0.159. The van der Waals surface area contributed by atoms with Gasteiger partial charge in [0.05, 0.1) is 6.42 Å². The van der Waals surface area contributed by atoms with Crippen LogP contribution in [0.4, 0.5) is 0 Å². The van der Waals surface area contributed by atoms with Crippen LogP contribution in [0.1, 0.15) is 71.6 Å². The Bertz CT molecular complexity index is 1360. The molecule has 3 nitrogen and oxygen atoms in total. The largest absolute Gasteiger partial charge is 0.507 e. The van der Waals surface area contributed by atoms with E-state index in [1.54, 1.807) is 6.92 Å². The Morgan fingerprint density at radius 2 is 1.14 bits per heavy atom. The summed E-state index contributed by atoms with van der Waals surface area (Å²) in [5, 5.41) is 10.8. The minimum atomic E-state index is -0.453. The molecule has 0 unspecified atom stereocenters. The molecular formula is C32H28O3. The first kappa shape index (κ1) is 28.4. The summed E-state index contributed by atoms with van der Waals surface area (Å²) in [6.45, 7) is 14.0. The molecule has 1 N–H and O–H groups in total. The maximum absolute atomic E-state index is 12.1. The molecule has 1 aromatic carbocycles. The van der Waals surface area contributed by atoms with E-state index >= 15 is 0 Å². The molecule has 0 atom stereocenters. The summed E-state index contributed by atoms with van der Waals surface area (Å²) in [7, 11) is 0. The Balaban J connectivity index is 2.71. The summed E-state index contributed by atoms with van der Waals surface area (Å²) in [4.78, 5) is 12.1. The highest BCUT2D eigenvalue weighted by molar-refractivity contribution is 5.71. The van der Waals surface area contributed by atoms with E-state index in [1.807, 2.05) is 12.1 Å². The zero-order valence-electron chi connectivity index (χ0n) is 21.3. The maximum Gasteiger partial charge on any atom is 0.320 e. The maximum atomic E-state index is 12.1. The number of phenols is 1. The Morgan fingerprint density at radius 1 is 0.743 bits per heavy atom. The van der Waals surface area contributed by atoms with Gasteiger partial charge in [-0.25, -0.2) is 0 Å². The van der Waals surface area contributed by atoms with E-state index in [1.165, 1.54) is 0 Å². The van der Waals surface area contributed by atoms with Crippen LogP contribution in [-0.4, -0.2) is 11.1 Å². The normalized spacial score (nSPS) is 9.00. The van der Waals surface area contributed by atoms with Gasteiger partial charge in [0.15, 0.2) is 0 Å². The van der Waals surface area contributed by atoms with Gasteiger partial charge in [0.1, 0.15) is 11.9 Å². The first-order chi connectivity index (χ1) is 16.5. The van der Waals surface area contributed by atoms with E-state index in [9.17, 15) is 9.90 Å². The Morgan fingerprint density at radius 3 is 1.54 bits per heavy atom. The van der Waals surface area contributed by atoms with Crippen LogP contribution < -0.4 is 0 Å². The Labute approximate surface area is 210 Å². The molecule has 0 saturated heterocycles. The standard InChI is InChI=1S/C32H28O3/c1-8-9-10-11-12-13-14-15-16-17-18-19-20-23-35-29(33)22-21-26-24-27(31(2,3)4)30(34)28(25-26)32(5,6)7/h24-25,34H,21-22H2,1-7H3. The van der Waals surface area contributed by atoms with Gasteiger partial charge in [-0.2, -0.15) is 0 Å². The molecule has 0 aliphatic carbocycles. The van der Waals surface area contributed by atoms with Crippen molar-refractivity contribution in [2.45, 2.75) is 72.1 Å². The van der Waals surface area contributed by atoms with Crippen molar-refractivity contribution in [3.05, 3.63) is 28.8 Å². The van der Waals surface area contributed by atoms with Crippen molar-refractivity contribution >= 4 is 5.97 Å². The highest BCUT2D eigenvalue weighted by atomic mass is 16.5. The quantitative estimate of drug-likeness (QED) is 0.535. The smallest absolute Gasteiger partial charge is 0.320 e. The summed E-state index contributed by atoms with van der Waals surface area (Å²) in [6, 6.07) is 3.91. The summed E-state index contributed by atoms with van der Waals surface area (Å²) in [5.41, 5.74) is 2.22. The average Bonchev–Trinajstić information content (AvgIpc) is 2.77. The van der Waals surface area contributed by atoms with Gasteiger partial charge in [0.25, 0.3) is 0 Å². The van der Waals surface area contributed by atoms with Crippen molar-refractivity contribution in [2.24, 2.45) is 0 Å². The Hall–Kier alpha value is -4.59. The highest BCUT2D eigenvalue weighted by Crippen LogP contribution is 2.39. The van der Waals surface area contributed by atoms with Gasteiger partial charge in [0.2, 0.25) is 0 Å². The summed E-state index contributed by atoms with van der Waals surface area (Å²) < 4.78 is 4.91. The average molecular weight is 461 g/mol. The predicted molar refractivity (Wildman–Crippen MR) is 140 cm³/mol. The van der Waals surface area contributed by atoms with Gasteiger partial charge in [0, 0.05) is 35.5 Å². The highest BCUT2D eigenvalue weighted by Gasteiger charge is 2.26. The second-order valence-corrected chi connectivity index (χ2v) is 9.37. The zero-order valence-corrected chi connectivity index (χ0v) is 21.3. The fourth-order valence-corrected chi connectivity index (χ4v) is 2.76. The van der Waals surface area contributed by atoms with Gasteiger partial charge in [-0.1, -0.05) is 59.6 Å². The molecule has 0 spiro atoms. The number of hydrogen-bond donors (Lipinski definition) is 1. The number of aryl methyl sites for hydroxylation is 1. The summed E-state index contributed by atoms with van der Waals surface area (Å²) in [5.74, 6) is 32.5. The third kappa shape index (κ3) is 11.2. The molecule has 0 aromatic heterocycles. The van der Waals surface area contributed by atoms with Gasteiger partial charge in [-0.05, 0) is 76.4 Å². The number of benzene rings is 1. The molecule has 0 aliphatic heterocycles. The van der Waals surface area contributed by atoms with E-state index in [-0.39, 0.29) is 17.3 Å². The number of phenolic OH excluding ortho intramolecular Hbond substituents is 1. The van der Waals surface area contributed by atoms with Crippen LogP contribution in [0.3, 0.4) is 0 Å². The van der Waals surface area contributed by atoms with Crippen LogP contribution >= 0.6 is 0 Å². The molecule has 0 fully saturated rings. The molecule has 0 aliphatic rings. The lowest BCUT2D eigenvalue weighted by molar-refractivity contribution is -0.136. The van der Waals surface area contributed by atoms with Gasteiger partial charge in [-0.3, -0.25) is 4.79 Å². The van der Waals surface area contributed by atoms with Crippen LogP contribution in [0, 0.1) is 83.1 Å². The van der Waals surface area contributed by atoms with E-state index in [0.717, 1.165) is 16.7 Å². The number of esters is 1. The Kier molecular flexibility index (Phi) is 11.2. The van der Waals surface area contributed by atoms with Crippen molar-refractivity contribution in [1.29, 1.82) is 0 Å². The summed E-state index contributed by atoms with van der Waals surface area (Å²) in [6.07, 6.45) is 2.91. The van der Waals surface area contributed by atoms with E-state index in [4.69, 9.17) is 4.74 Å². The van der Waals surface area contributed by atoms with Crippen LogP contribution in [-0.2, 0) is 26.8 Å². The molecule has 3 heteroatoms. The molecule has 0 heterocycles. The third-order valence-electron chi connectivity index (χ3n) is 4.43. The lowest BCUT2D eigenvalue weighted by Crippen LogP contribution is -2.18. The fourth-order valence-electron chi connectivity index (χ4n) is 2.76.